The van der Waals surface area contributed by atoms with E-state index in [1.165, 1.54) is 0 Å². The normalized spacial score (nSPS) is 11.3. The van der Waals surface area contributed by atoms with Gasteiger partial charge in [0.15, 0.2) is 0 Å². The highest BCUT2D eigenvalue weighted by atomic mass is 35.5. The average Bonchev–Trinajstić information content (AvgIpc) is 2.40. The lowest BCUT2D eigenvalue weighted by atomic mass is 10.1. The summed E-state index contributed by atoms with van der Waals surface area (Å²) in [5.74, 6) is 0. The van der Waals surface area contributed by atoms with Gasteiger partial charge in [0.05, 0.1) is 11.4 Å². The molecule has 0 bridgehead atoms. The van der Waals surface area contributed by atoms with Crippen LogP contribution in [-0.2, 0) is 0 Å². The monoisotopic (exact) mass is 259 g/mol. The summed E-state index contributed by atoms with van der Waals surface area (Å²) in [5, 5.41) is 4.94. The van der Waals surface area contributed by atoms with Crippen LogP contribution < -0.4 is 11.2 Å². The molecule has 0 aliphatic heterocycles. The smallest absolute Gasteiger partial charge is 0.0669 e. The molecule has 0 aliphatic rings. The first-order chi connectivity index (χ1) is 8.66. The van der Waals surface area contributed by atoms with Crippen LogP contribution in [0.2, 0.25) is 5.02 Å². The van der Waals surface area contributed by atoms with Crippen LogP contribution in [0.25, 0.3) is 0 Å². The first kappa shape index (κ1) is 12.5. The van der Waals surface area contributed by atoms with E-state index >= 15 is 0 Å². The Labute approximate surface area is 111 Å². The highest BCUT2D eigenvalue weighted by Gasteiger charge is 2.03. The van der Waals surface area contributed by atoms with Crippen molar-refractivity contribution >= 4 is 28.7 Å². The zero-order chi connectivity index (χ0) is 13.0. The highest BCUT2D eigenvalue weighted by Crippen LogP contribution is 2.19. The number of hydrogen-bond donors (Lipinski definition) is 2. The van der Waals surface area contributed by atoms with E-state index < -0.39 is 0 Å². The Hall–Kier alpha value is -2.00. The fraction of sp³-hybridized carbons (Fsp3) is 0.0714. The molecule has 3 nitrogen and oxygen atoms in total. The maximum Gasteiger partial charge on any atom is 0.0669 e. The van der Waals surface area contributed by atoms with Crippen LogP contribution in [0.5, 0.6) is 0 Å². The van der Waals surface area contributed by atoms with Crippen molar-refractivity contribution in [2.24, 2.45) is 5.10 Å². The fourth-order valence-corrected chi connectivity index (χ4v) is 1.74. The van der Waals surface area contributed by atoms with E-state index in [0.29, 0.717) is 10.7 Å². The molecule has 0 radical (unpaired) electrons. The molecule has 92 valence electrons. The van der Waals surface area contributed by atoms with Crippen molar-refractivity contribution in [2.45, 2.75) is 6.92 Å². The minimum atomic E-state index is 0.647. The molecule has 0 saturated heterocycles. The van der Waals surface area contributed by atoms with Crippen molar-refractivity contribution < 1.29 is 0 Å². The molecule has 0 atom stereocenters. The number of nitrogens with two attached hydrogens (primary N) is 1. The van der Waals surface area contributed by atoms with Gasteiger partial charge in [-0.15, -0.1) is 0 Å². The Morgan fingerprint density at radius 1 is 1.17 bits per heavy atom. The Bertz CT molecular complexity index is 565. The molecule has 0 amide bonds. The third-order valence-corrected chi connectivity index (χ3v) is 2.77. The third-order valence-electron chi connectivity index (χ3n) is 2.53. The molecule has 2 aromatic rings. The van der Waals surface area contributed by atoms with Crippen LogP contribution in [0.1, 0.15) is 12.5 Å². The maximum absolute atomic E-state index is 5.95. The van der Waals surface area contributed by atoms with Gasteiger partial charge in [-0.3, -0.25) is 5.43 Å². The van der Waals surface area contributed by atoms with E-state index in [0.717, 1.165) is 17.0 Å². The molecule has 0 aromatic heterocycles. The van der Waals surface area contributed by atoms with Gasteiger partial charge in [0.2, 0.25) is 0 Å². The van der Waals surface area contributed by atoms with Gasteiger partial charge in [0.25, 0.3) is 0 Å². The van der Waals surface area contributed by atoms with E-state index in [-0.39, 0.29) is 0 Å². The zero-order valence-corrected chi connectivity index (χ0v) is 10.8. The topological polar surface area (TPSA) is 50.4 Å². The molecule has 18 heavy (non-hydrogen) atoms. The molecule has 3 N–H and O–H groups in total. The highest BCUT2D eigenvalue weighted by molar-refractivity contribution is 6.31. The second-order valence-corrected chi connectivity index (χ2v) is 4.34. The lowest BCUT2D eigenvalue weighted by Gasteiger charge is -2.06. The van der Waals surface area contributed by atoms with Gasteiger partial charge in [-0.05, 0) is 37.3 Å². The molecular weight excluding hydrogens is 246 g/mol. The molecule has 2 rings (SSSR count). The number of hydrogen-bond acceptors (Lipinski definition) is 3. The van der Waals surface area contributed by atoms with Gasteiger partial charge < -0.3 is 5.73 Å². The number of rotatable bonds is 3. The number of nitrogen functional groups attached to an aromatic ring is 1. The third kappa shape index (κ3) is 3.02. The molecular formula is C14H14ClN3. The standard InChI is InChI=1S/C14H14ClN3/c1-10(13-9-11(15)7-8-14(13)16)17-18-12-5-3-2-4-6-12/h2-9,18H,16H2,1H3/b17-10+. The Balaban J connectivity index is 2.20. The van der Waals surface area contributed by atoms with Crippen molar-refractivity contribution in [1.82, 2.24) is 0 Å². The molecule has 0 aliphatic carbocycles. The van der Waals surface area contributed by atoms with E-state index in [4.69, 9.17) is 17.3 Å². The van der Waals surface area contributed by atoms with Gasteiger partial charge in [0, 0.05) is 16.3 Å². The number of para-hydroxylation sites is 1. The van der Waals surface area contributed by atoms with Crippen molar-refractivity contribution in [3.05, 3.63) is 59.1 Å². The minimum absolute atomic E-state index is 0.647. The summed E-state index contributed by atoms with van der Waals surface area (Å²) >= 11 is 5.95. The lowest BCUT2D eigenvalue weighted by Crippen LogP contribution is -2.03. The largest absolute Gasteiger partial charge is 0.398 e. The lowest BCUT2D eigenvalue weighted by molar-refractivity contribution is 1.32. The van der Waals surface area contributed by atoms with E-state index in [1.54, 1.807) is 12.1 Å². The summed E-state index contributed by atoms with van der Waals surface area (Å²) in [6.45, 7) is 1.89. The summed E-state index contributed by atoms with van der Waals surface area (Å²) < 4.78 is 0. The second-order valence-electron chi connectivity index (χ2n) is 3.91. The summed E-state index contributed by atoms with van der Waals surface area (Å²) in [6, 6.07) is 15.1. The Kier molecular flexibility index (Phi) is 3.85. The molecule has 4 heteroatoms. The van der Waals surface area contributed by atoms with Crippen LogP contribution in [0.15, 0.2) is 53.6 Å². The van der Waals surface area contributed by atoms with Crippen molar-refractivity contribution in [1.29, 1.82) is 0 Å². The summed E-state index contributed by atoms with van der Waals surface area (Å²) in [4.78, 5) is 0. The van der Waals surface area contributed by atoms with E-state index in [2.05, 4.69) is 10.5 Å². The van der Waals surface area contributed by atoms with E-state index in [9.17, 15) is 0 Å². The van der Waals surface area contributed by atoms with E-state index in [1.807, 2.05) is 43.3 Å². The molecule has 0 spiro atoms. The number of halogens is 1. The van der Waals surface area contributed by atoms with Gasteiger partial charge in [0.1, 0.15) is 0 Å². The van der Waals surface area contributed by atoms with Gasteiger partial charge in [-0.25, -0.2) is 0 Å². The van der Waals surface area contributed by atoms with Crippen molar-refractivity contribution in [3.8, 4) is 0 Å². The van der Waals surface area contributed by atoms with Gasteiger partial charge in [-0.2, -0.15) is 5.10 Å². The maximum atomic E-state index is 5.95. The van der Waals surface area contributed by atoms with Gasteiger partial charge in [-0.1, -0.05) is 29.8 Å². The van der Waals surface area contributed by atoms with Crippen LogP contribution in [0, 0.1) is 0 Å². The molecule has 0 fully saturated rings. The van der Waals surface area contributed by atoms with Crippen molar-refractivity contribution in [3.63, 3.8) is 0 Å². The zero-order valence-electron chi connectivity index (χ0n) is 10.0. The number of nitrogens with one attached hydrogen (secondary N) is 1. The molecule has 0 heterocycles. The number of anilines is 2. The molecule has 0 saturated carbocycles. The van der Waals surface area contributed by atoms with Crippen LogP contribution in [-0.4, -0.2) is 5.71 Å². The first-order valence-corrected chi connectivity index (χ1v) is 5.95. The Morgan fingerprint density at radius 3 is 2.61 bits per heavy atom. The molecule has 2 aromatic carbocycles. The number of nitrogens with zero attached hydrogens (tertiary/aromatic N) is 1. The quantitative estimate of drug-likeness (QED) is 0.501. The summed E-state index contributed by atoms with van der Waals surface area (Å²) in [6.07, 6.45) is 0. The SMILES string of the molecule is C/C(=N\Nc1ccccc1)c1cc(Cl)ccc1N. The predicted octanol–water partition coefficient (Wildman–Crippen LogP) is 3.76. The minimum Gasteiger partial charge on any atom is -0.398 e. The first-order valence-electron chi connectivity index (χ1n) is 5.57. The predicted molar refractivity (Wildman–Crippen MR) is 78.1 cm³/mol. The van der Waals surface area contributed by atoms with Crippen LogP contribution >= 0.6 is 11.6 Å². The number of hydrazone groups is 1. The second kappa shape index (κ2) is 5.56. The van der Waals surface area contributed by atoms with Gasteiger partial charge >= 0.3 is 0 Å². The number of benzene rings is 2. The van der Waals surface area contributed by atoms with Crippen LogP contribution in [0.4, 0.5) is 11.4 Å². The van der Waals surface area contributed by atoms with Crippen LogP contribution in [0.3, 0.4) is 0 Å². The summed E-state index contributed by atoms with van der Waals surface area (Å²) in [5.41, 5.74) is 12.1. The fourth-order valence-electron chi connectivity index (χ4n) is 1.56. The average molecular weight is 260 g/mol. The summed E-state index contributed by atoms with van der Waals surface area (Å²) in [7, 11) is 0. The Morgan fingerprint density at radius 2 is 1.89 bits per heavy atom. The van der Waals surface area contributed by atoms with Crippen molar-refractivity contribution in [2.75, 3.05) is 11.2 Å². The molecule has 0 unspecified atom stereocenters.